The van der Waals surface area contributed by atoms with Crippen molar-refractivity contribution in [3.8, 4) is 5.75 Å². The first-order valence-electron chi connectivity index (χ1n) is 7.70. The molecule has 0 bridgehead atoms. The van der Waals surface area contributed by atoms with Crippen LogP contribution < -0.4 is 4.74 Å². The fourth-order valence-electron chi connectivity index (χ4n) is 2.56. The second-order valence-electron chi connectivity index (χ2n) is 6.01. The Morgan fingerprint density at radius 1 is 1.23 bits per heavy atom. The van der Waals surface area contributed by atoms with Crippen LogP contribution in [-0.2, 0) is 9.59 Å². The first-order valence-corrected chi connectivity index (χ1v) is 7.70. The van der Waals surface area contributed by atoms with E-state index in [9.17, 15) is 9.59 Å². The van der Waals surface area contributed by atoms with Gasteiger partial charge in [-0.1, -0.05) is 26.0 Å². The molecule has 0 saturated carbocycles. The summed E-state index contributed by atoms with van der Waals surface area (Å²) in [5.74, 6) is -0.0386. The van der Waals surface area contributed by atoms with Gasteiger partial charge in [0.05, 0.1) is 5.92 Å². The summed E-state index contributed by atoms with van der Waals surface area (Å²) in [7, 11) is 0. The Morgan fingerprint density at radius 2 is 1.82 bits per heavy atom. The van der Waals surface area contributed by atoms with Crippen molar-refractivity contribution in [2.75, 3.05) is 19.7 Å². The van der Waals surface area contributed by atoms with Crippen LogP contribution in [0.5, 0.6) is 5.75 Å². The number of hydrogen-bond donors (Lipinski definition) is 1. The van der Waals surface area contributed by atoms with Crippen LogP contribution in [0.3, 0.4) is 0 Å². The second kappa shape index (κ2) is 7.29. The molecule has 1 aliphatic heterocycles. The SMILES string of the molecule is CC(C)c1ccc(OCC(=O)N2CCC(C(=O)O)CC2)cc1. The van der Waals surface area contributed by atoms with Crippen molar-refractivity contribution >= 4 is 11.9 Å². The number of benzene rings is 1. The molecule has 5 heteroatoms. The first kappa shape index (κ1) is 16.3. The number of carboxylic acids is 1. The standard InChI is InChI=1S/C17H23NO4/c1-12(2)13-3-5-15(6-4-13)22-11-16(19)18-9-7-14(8-10-18)17(20)21/h3-6,12,14H,7-11H2,1-2H3,(H,20,21). The maximum absolute atomic E-state index is 12.1. The number of rotatable bonds is 5. The van der Waals surface area contributed by atoms with Crippen LogP contribution in [0.2, 0.25) is 0 Å². The fraction of sp³-hybridized carbons (Fsp3) is 0.529. The van der Waals surface area contributed by atoms with Crippen LogP contribution in [0.1, 0.15) is 38.2 Å². The lowest BCUT2D eigenvalue weighted by molar-refractivity contribution is -0.146. The number of carbonyl (C=O) groups excluding carboxylic acids is 1. The van der Waals surface area contributed by atoms with Crippen molar-refractivity contribution in [2.24, 2.45) is 5.92 Å². The molecule has 0 aromatic heterocycles. The summed E-state index contributed by atoms with van der Waals surface area (Å²) >= 11 is 0. The average Bonchev–Trinajstić information content (AvgIpc) is 2.53. The minimum absolute atomic E-state index is 0.00123. The molecule has 1 aromatic rings. The van der Waals surface area contributed by atoms with Crippen molar-refractivity contribution in [1.82, 2.24) is 4.90 Å². The quantitative estimate of drug-likeness (QED) is 0.907. The zero-order valence-electron chi connectivity index (χ0n) is 13.1. The van der Waals surface area contributed by atoms with E-state index >= 15 is 0 Å². The minimum Gasteiger partial charge on any atom is -0.484 e. The lowest BCUT2D eigenvalue weighted by Crippen LogP contribution is -2.42. The number of carbonyl (C=O) groups is 2. The van der Waals surface area contributed by atoms with E-state index in [1.54, 1.807) is 4.90 Å². The van der Waals surface area contributed by atoms with Gasteiger partial charge in [0.15, 0.2) is 6.61 Å². The van der Waals surface area contributed by atoms with Crippen LogP contribution in [0.25, 0.3) is 0 Å². The number of nitrogens with zero attached hydrogens (tertiary/aromatic N) is 1. The predicted octanol–water partition coefficient (Wildman–Crippen LogP) is 2.51. The molecule has 1 fully saturated rings. The molecule has 0 atom stereocenters. The van der Waals surface area contributed by atoms with Crippen LogP contribution in [-0.4, -0.2) is 41.6 Å². The molecule has 1 amide bonds. The van der Waals surface area contributed by atoms with Crippen LogP contribution in [0.4, 0.5) is 0 Å². The van der Waals surface area contributed by atoms with Crippen molar-refractivity contribution < 1.29 is 19.4 Å². The van der Waals surface area contributed by atoms with Crippen LogP contribution in [0, 0.1) is 5.92 Å². The highest BCUT2D eigenvalue weighted by molar-refractivity contribution is 5.78. The number of likely N-dealkylation sites (tertiary alicyclic amines) is 1. The number of ether oxygens (including phenoxy) is 1. The molecule has 0 aliphatic carbocycles. The third-order valence-corrected chi connectivity index (χ3v) is 4.11. The smallest absolute Gasteiger partial charge is 0.306 e. The lowest BCUT2D eigenvalue weighted by Gasteiger charge is -2.30. The molecule has 0 spiro atoms. The molecule has 0 unspecified atom stereocenters. The second-order valence-corrected chi connectivity index (χ2v) is 6.01. The molecule has 1 aliphatic rings. The highest BCUT2D eigenvalue weighted by atomic mass is 16.5. The zero-order valence-corrected chi connectivity index (χ0v) is 13.1. The fourth-order valence-corrected chi connectivity index (χ4v) is 2.56. The predicted molar refractivity (Wildman–Crippen MR) is 83.0 cm³/mol. The Hall–Kier alpha value is -2.04. The van der Waals surface area contributed by atoms with Crippen molar-refractivity contribution in [1.29, 1.82) is 0 Å². The maximum atomic E-state index is 12.1. The molecule has 1 saturated heterocycles. The number of amides is 1. The zero-order chi connectivity index (χ0) is 16.1. The van der Waals surface area contributed by atoms with E-state index in [0.29, 0.717) is 37.6 Å². The Balaban J connectivity index is 1.79. The molecular weight excluding hydrogens is 282 g/mol. The molecule has 1 aromatic carbocycles. The molecule has 0 radical (unpaired) electrons. The largest absolute Gasteiger partial charge is 0.484 e. The molecule has 1 heterocycles. The van der Waals surface area contributed by atoms with Gasteiger partial charge in [-0.3, -0.25) is 9.59 Å². The van der Waals surface area contributed by atoms with E-state index in [2.05, 4.69) is 13.8 Å². The van der Waals surface area contributed by atoms with Gasteiger partial charge in [-0.25, -0.2) is 0 Å². The van der Waals surface area contributed by atoms with E-state index in [4.69, 9.17) is 9.84 Å². The summed E-state index contributed by atoms with van der Waals surface area (Å²) in [4.78, 5) is 24.6. The lowest BCUT2D eigenvalue weighted by atomic mass is 9.97. The van der Waals surface area contributed by atoms with Gasteiger partial charge in [-0.15, -0.1) is 0 Å². The van der Waals surface area contributed by atoms with Gasteiger partial charge in [-0.05, 0) is 36.5 Å². The van der Waals surface area contributed by atoms with Crippen LogP contribution >= 0.6 is 0 Å². The van der Waals surface area contributed by atoms with Gasteiger partial charge in [0.25, 0.3) is 5.91 Å². The van der Waals surface area contributed by atoms with Gasteiger partial charge >= 0.3 is 5.97 Å². The summed E-state index contributed by atoms with van der Waals surface area (Å²) in [5.41, 5.74) is 1.23. The highest BCUT2D eigenvalue weighted by Crippen LogP contribution is 2.20. The average molecular weight is 305 g/mol. The maximum Gasteiger partial charge on any atom is 0.306 e. The molecule has 5 nitrogen and oxygen atoms in total. The van der Waals surface area contributed by atoms with Gasteiger partial charge in [0, 0.05) is 13.1 Å². The molecule has 120 valence electrons. The van der Waals surface area contributed by atoms with Crippen molar-refractivity contribution in [3.63, 3.8) is 0 Å². The summed E-state index contributed by atoms with van der Waals surface area (Å²) in [5, 5.41) is 8.95. The van der Waals surface area contributed by atoms with Gasteiger partial charge < -0.3 is 14.7 Å². The molecule has 22 heavy (non-hydrogen) atoms. The van der Waals surface area contributed by atoms with E-state index in [1.807, 2.05) is 24.3 Å². The first-order chi connectivity index (χ1) is 10.5. The van der Waals surface area contributed by atoms with E-state index < -0.39 is 5.97 Å². The monoisotopic (exact) mass is 305 g/mol. The Labute approximate surface area is 130 Å². The minimum atomic E-state index is -0.770. The van der Waals surface area contributed by atoms with E-state index in [1.165, 1.54) is 5.56 Å². The van der Waals surface area contributed by atoms with Gasteiger partial charge in [0.2, 0.25) is 0 Å². The molecule has 1 N–H and O–H groups in total. The Kier molecular flexibility index (Phi) is 5.41. The summed E-state index contributed by atoms with van der Waals surface area (Å²) in [6.45, 7) is 5.23. The number of aliphatic carboxylic acids is 1. The molecule has 2 rings (SSSR count). The Morgan fingerprint density at radius 3 is 2.32 bits per heavy atom. The van der Waals surface area contributed by atoms with E-state index in [-0.39, 0.29) is 18.4 Å². The topological polar surface area (TPSA) is 66.8 Å². The third kappa shape index (κ3) is 4.23. The summed E-state index contributed by atoms with van der Waals surface area (Å²) in [6, 6.07) is 7.75. The summed E-state index contributed by atoms with van der Waals surface area (Å²) in [6.07, 6.45) is 1.04. The molecular formula is C17H23NO4. The normalized spacial score (nSPS) is 15.9. The van der Waals surface area contributed by atoms with Gasteiger partial charge in [0.1, 0.15) is 5.75 Å². The Bertz CT molecular complexity index is 516. The van der Waals surface area contributed by atoms with Gasteiger partial charge in [-0.2, -0.15) is 0 Å². The highest BCUT2D eigenvalue weighted by Gasteiger charge is 2.26. The number of hydrogen-bond acceptors (Lipinski definition) is 3. The van der Waals surface area contributed by atoms with Crippen molar-refractivity contribution in [3.05, 3.63) is 29.8 Å². The van der Waals surface area contributed by atoms with Crippen LogP contribution in [0.15, 0.2) is 24.3 Å². The van der Waals surface area contributed by atoms with Crippen molar-refractivity contribution in [2.45, 2.75) is 32.6 Å². The van der Waals surface area contributed by atoms with E-state index in [0.717, 1.165) is 0 Å². The summed E-state index contributed by atoms with van der Waals surface area (Å²) < 4.78 is 5.52. The number of carboxylic acid groups (broad SMARTS) is 1. The number of piperidine rings is 1. The third-order valence-electron chi connectivity index (χ3n) is 4.11.